The fourth-order valence-electron chi connectivity index (χ4n) is 10.3. The van der Waals surface area contributed by atoms with Crippen LogP contribution >= 0.6 is 0 Å². The van der Waals surface area contributed by atoms with Gasteiger partial charge in [-0.1, -0.05) is 62.4 Å². The van der Waals surface area contributed by atoms with Crippen LogP contribution in [-0.4, -0.2) is 98.4 Å². The first-order chi connectivity index (χ1) is 28.6. The lowest BCUT2D eigenvalue weighted by molar-refractivity contribution is -0.266. The predicted octanol–water partition coefficient (Wildman–Crippen LogP) is 3.68. The van der Waals surface area contributed by atoms with E-state index < -0.39 is 112 Å². The molecule has 8 rings (SSSR count). The van der Waals surface area contributed by atoms with Crippen molar-refractivity contribution in [1.29, 1.82) is 0 Å². The Labute approximate surface area is 351 Å². The Hall–Kier alpha value is -5.68. The Balaban J connectivity index is 1.43. The summed E-state index contributed by atoms with van der Waals surface area (Å²) >= 11 is 0. The molecular weight excluding hydrogens is 794 g/mol. The molecule has 2 saturated carbocycles. The summed E-state index contributed by atoms with van der Waals surface area (Å²) in [5.74, 6) is -10.3. The third-order valence-electron chi connectivity index (χ3n) is 13.2. The number of ether oxygens (including phenoxy) is 5. The summed E-state index contributed by atoms with van der Waals surface area (Å²) in [5.41, 5.74) is -8.08. The Morgan fingerprint density at radius 3 is 2.08 bits per heavy atom. The molecule has 0 spiro atoms. The van der Waals surface area contributed by atoms with E-state index in [0.29, 0.717) is 5.56 Å². The second-order valence-electron chi connectivity index (χ2n) is 17.1. The van der Waals surface area contributed by atoms with Crippen molar-refractivity contribution in [2.45, 2.75) is 115 Å². The summed E-state index contributed by atoms with van der Waals surface area (Å²) in [7, 11) is 0. The topological polar surface area (TPSA) is 234 Å². The average molecular weight is 844 g/mol. The summed E-state index contributed by atoms with van der Waals surface area (Å²) < 4.78 is 36.4. The molecule has 1 amide bonds. The monoisotopic (exact) mass is 843 g/mol. The molecule has 3 aromatic rings. The van der Waals surface area contributed by atoms with E-state index in [1.165, 1.54) is 65.1 Å². The number of aliphatic hydroxyl groups excluding tert-OH is 2. The van der Waals surface area contributed by atoms with Crippen molar-refractivity contribution >= 4 is 35.6 Å². The molecule has 11 atom stereocenters. The Kier molecular flexibility index (Phi) is 10.9. The van der Waals surface area contributed by atoms with Crippen LogP contribution in [-0.2, 0) is 42.9 Å². The number of Topliss-reactive ketones (excluding diaryl/α,β-unsaturated/α-hetero) is 1. The second kappa shape index (κ2) is 15.3. The van der Waals surface area contributed by atoms with Crippen molar-refractivity contribution in [1.82, 2.24) is 5.32 Å². The van der Waals surface area contributed by atoms with E-state index in [2.05, 4.69) is 5.32 Å². The number of carbonyl (C=O) groups excluding carboxylic acids is 6. The van der Waals surface area contributed by atoms with Gasteiger partial charge >= 0.3 is 23.9 Å². The zero-order valence-corrected chi connectivity index (χ0v) is 34.7. The third-order valence-corrected chi connectivity index (χ3v) is 13.2. The first-order valence-corrected chi connectivity index (χ1v) is 19.9. The number of benzene rings is 2. The van der Waals surface area contributed by atoms with Crippen molar-refractivity contribution in [3.8, 4) is 0 Å². The molecule has 4 N–H and O–H groups in total. The van der Waals surface area contributed by atoms with Crippen molar-refractivity contribution < 1.29 is 72.2 Å². The molecule has 61 heavy (non-hydrogen) atoms. The third kappa shape index (κ3) is 6.76. The fraction of sp³-hybridized carbons (Fsp3) is 0.467. The van der Waals surface area contributed by atoms with Crippen LogP contribution in [0.2, 0.25) is 0 Å². The molecule has 3 aliphatic carbocycles. The standard InChI is InChI=1S/C45H49NO15/c1-23-29(57-39(53)33(50)32(26-15-10-8-11-16-26)46-37(51)28-19-14-20-56-28)22-44(55)36(58-38(52)27-17-12-9-13-18-27)35-42(6)30(49)21-31(43(35,7)59-24(2)47)61-45(40(42)54,60-25(3)48)34(23)41(44,4)5/h8-20,29-33,35-36,49-50,55H,21-22H2,1-7H3,(H,46,51)/t29-,30-,31+,32-,33+,35-,36-,42+,43-,44+,45-/m0/s1. The Morgan fingerprint density at radius 2 is 1.49 bits per heavy atom. The van der Waals surface area contributed by atoms with E-state index in [1.807, 2.05) is 0 Å². The minimum absolute atomic E-state index is 0.0545. The SMILES string of the molecule is CC(=O)O[C@@]12O[C@@H]3C[C@H](O)[C@@](C)(C1=O)[C@H]([C@H](OC(=O)c1ccccc1)[C@]1(O)C[C@H](OC(=O)[C@H](O)[C@@H](NC(=O)c4ccco4)c4ccccc4)C(C)=C2C1(C)C)[C@@]3(C)OC(C)=O. The van der Waals surface area contributed by atoms with Crippen molar-refractivity contribution in [3.05, 3.63) is 107 Å². The van der Waals surface area contributed by atoms with Gasteiger partial charge in [0.15, 0.2) is 11.9 Å². The van der Waals surface area contributed by atoms with Gasteiger partial charge < -0.3 is 48.7 Å². The summed E-state index contributed by atoms with van der Waals surface area (Å²) in [6.45, 7) is 9.47. The summed E-state index contributed by atoms with van der Waals surface area (Å²) in [5, 5.41) is 40.0. The first kappa shape index (κ1) is 43.4. The molecule has 2 aromatic carbocycles. The fourth-order valence-corrected chi connectivity index (χ4v) is 10.3. The largest absolute Gasteiger partial charge is 0.459 e. The molecule has 2 aliphatic heterocycles. The van der Waals surface area contributed by atoms with E-state index in [-0.39, 0.29) is 28.9 Å². The highest BCUT2D eigenvalue weighted by atomic mass is 16.7. The van der Waals surface area contributed by atoms with Crippen LogP contribution in [0.15, 0.2) is 94.6 Å². The van der Waals surface area contributed by atoms with Gasteiger partial charge in [0.25, 0.3) is 11.7 Å². The number of aliphatic hydroxyl groups is 3. The lowest BCUT2D eigenvalue weighted by Gasteiger charge is -2.62. The number of fused-ring (bicyclic) bond motifs is 3. The Bertz CT molecular complexity index is 2270. The van der Waals surface area contributed by atoms with Gasteiger partial charge in [-0.2, -0.15) is 0 Å². The summed E-state index contributed by atoms with van der Waals surface area (Å²) in [6, 6.07) is 17.4. The van der Waals surface area contributed by atoms with Gasteiger partial charge in [0.05, 0.1) is 35.3 Å². The van der Waals surface area contributed by atoms with Gasteiger partial charge in [0, 0.05) is 37.7 Å². The van der Waals surface area contributed by atoms with Gasteiger partial charge in [-0.15, -0.1) is 0 Å². The molecule has 16 nitrogen and oxygen atoms in total. The van der Waals surface area contributed by atoms with E-state index in [0.717, 1.165) is 13.8 Å². The minimum atomic E-state index is -2.75. The summed E-state index contributed by atoms with van der Waals surface area (Å²) in [4.78, 5) is 83.7. The summed E-state index contributed by atoms with van der Waals surface area (Å²) in [6.07, 6.45) is -8.16. The van der Waals surface area contributed by atoms with Gasteiger partial charge in [0.1, 0.15) is 29.5 Å². The normalized spacial score (nSPS) is 33.3. The maximum Gasteiger partial charge on any atom is 0.338 e. The molecule has 6 bridgehead atoms. The molecule has 3 heterocycles. The zero-order chi connectivity index (χ0) is 44.4. The molecule has 1 aromatic heterocycles. The molecule has 0 radical (unpaired) electrons. The predicted molar refractivity (Wildman–Crippen MR) is 210 cm³/mol. The van der Waals surface area contributed by atoms with Crippen molar-refractivity contribution in [2.24, 2.45) is 16.7 Å². The van der Waals surface area contributed by atoms with Gasteiger partial charge in [-0.3, -0.25) is 19.2 Å². The zero-order valence-electron chi connectivity index (χ0n) is 34.7. The first-order valence-electron chi connectivity index (χ1n) is 19.9. The number of esters is 4. The number of nitrogens with one attached hydrogen (secondary N) is 1. The Morgan fingerprint density at radius 1 is 0.869 bits per heavy atom. The molecule has 324 valence electrons. The van der Waals surface area contributed by atoms with Gasteiger partial charge in [-0.05, 0) is 56.2 Å². The van der Waals surface area contributed by atoms with Crippen LogP contribution in [0.25, 0.3) is 0 Å². The number of amides is 1. The highest BCUT2D eigenvalue weighted by Crippen LogP contribution is 2.67. The van der Waals surface area contributed by atoms with Crippen molar-refractivity contribution in [3.63, 3.8) is 0 Å². The molecule has 16 heteroatoms. The lowest BCUT2D eigenvalue weighted by Crippen LogP contribution is -2.76. The molecular formula is C45H49NO15. The van der Waals surface area contributed by atoms with E-state index in [4.69, 9.17) is 28.1 Å². The molecule has 5 aliphatic rings. The molecule has 2 saturated heterocycles. The molecule has 4 fully saturated rings. The van der Waals surface area contributed by atoms with E-state index in [9.17, 15) is 39.3 Å². The van der Waals surface area contributed by atoms with Gasteiger partial charge in [0.2, 0.25) is 5.78 Å². The highest BCUT2D eigenvalue weighted by Gasteiger charge is 2.81. The van der Waals surface area contributed by atoms with E-state index in [1.54, 1.807) is 48.5 Å². The van der Waals surface area contributed by atoms with Crippen molar-refractivity contribution in [2.75, 3.05) is 0 Å². The highest BCUT2D eigenvalue weighted by molar-refractivity contribution is 5.99. The smallest absolute Gasteiger partial charge is 0.338 e. The lowest BCUT2D eigenvalue weighted by atomic mass is 9.46. The maximum atomic E-state index is 15.7. The second-order valence-corrected chi connectivity index (χ2v) is 17.1. The minimum Gasteiger partial charge on any atom is -0.459 e. The number of hydrogen-bond donors (Lipinski definition) is 4. The van der Waals surface area contributed by atoms with Gasteiger partial charge in [-0.25, -0.2) is 9.59 Å². The maximum absolute atomic E-state index is 15.7. The van der Waals surface area contributed by atoms with Crippen LogP contribution < -0.4 is 5.32 Å². The van der Waals surface area contributed by atoms with Crippen LogP contribution in [0.4, 0.5) is 0 Å². The van der Waals surface area contributed by atoms with Crippen LogP contribution in [0, 0.1) is 16.7 Å². The average Bonchev–Trinajstić information content (AvgIpc) is 3.72. The molecule has 0 unspecified atom stereocenters. The number of carbonyl (C=O) groups is 6. The number of rotatable bonds is 10. The van der Waals surface area contributed by atoms with E-state index >= 15 is 4.79 Å². The quantitative estimate of drug-likeness (QED) is 0.130. The van der Waals surface area contributed by atoms with Crippen LogP contribution in [0.3, 0.4) is 0 Å². The number of furan rings is 1. The van der Waals surface area contributed by atoms with Crippen LogP contribution in [0.1, 0.15) is 93.8 Å². The number of ketones is 1. The number of hydrogen-bond acceptors (Lipinski definition) is 15. The van der Waals surface area contributed by atoms with Crippen LogP contribution in [0.5, 0.6) is 0 Å².